The lowest BCUT2D eigenvalue weighted by atomic mass is 9.97. The van der Waals surface area contributed by atoms with Gasteiger partial charge in [0.25, 0.3) is 0 Å². The third kappa shape index (κ3) is 6.21. The van der Waals surface area contributed by atoms with Crippen molar-refractivity contribution in [1.29, 1.82) is 10.5 Å². The molecule has 146 valence electrons. The molecule has 1 aromatic heterocycles. The maximum atomic E-state index is 9.28. The standard InChI is InChI=1S/C12H6Cl3N3.C8H5Cl2N/c13-8-2-1-3-9(14)12(8)7(6-16)10-4-5-11(15)18-17-10;9-7-2-1-3-8(10)6(7)4-5-11/h1-5,7H;1-3H,4H2. The van der Waals surface area contributed by atoms with Crippen molar-refractivity contribution in [3.63, 3.8) is 0 Å². The van der Waals surface area contributed by atoms with E-state index in [1.807, 2.05) is 6.07 Å². The lowest BCUT2D eigenvalue weighted by Gasteiger charge is -2.12. The van der Waals surface area contributed by atoms with Crippen LogP contribution < -0.4 is 0 Å². The van der Waals surface area contributed by atoms with Gasteiger partial charge >= 0.3 is 0 Å². The Kier molecular flexibility index (Phi) is 8.99. The Morgan fingerprint density at radius 3 is 1.76 bits per heavy atom. The molecule has 0 saturated heterocycles. The normalized spacial score (nSPS) is 10.9. The third-order valence-corrected chi connectivity index (χ3v) is 5.25. The van der Waals surface area contributed by atoms with E-state index < -0.39 is 5.92 Å². The van der Waals surface area contributed by atoms with E-state index >= 15 is 0 Å². The quantitative estimate of drug-likeness (QED) is 0.396. The van der Waals surface area contributed by atoms with E-state index in [4.69, 9.17) is 63.3 Å². The summed E-state index contributed by atoms with van der Waals surface area (Å²) in [4.78, 5) is 0. The Balaban J connectivity index is 0.000000234. The van der Waals surface area contributed by atoms with E-state index in [0.29, 0.717) is 36.9 Å². The van der Waals surface area contributed by atoms with Crippen molar-refractivity contribution >= 4 is 58.0 Å². The van der Waals surface area contributed by atoms with Crippen molar-refractivity contribution < 1.29 is 0 Å². The third-order valence-electron chi connectivity index (χ3n) is 3.68. The molecule has 0 radical (unpaired) electrons. The van der Waals surface area contributed by atoms with Crippen LogP contribution in [0.1, 0.15) is 22.7 Å². The molecule has 1 unspecified atom stereocenters. The molecule has 0 aliphatic rings. The van der Waals surface area contributed by atoms with Gasteiger partial charge in [-0.3, -0.25) is 0 Å². The van der Waals surface area contributed by atoms with Crippen molar-refractivity contribution in [3.8, 4) is 12.1 Å². The monoisotopic (exact) mass is 482 g/mol. The summed E-state index contributed by atoms with van der Waals surface area (Å²) in [6.45, 7) is 0. The second-order valence-electron chi connectivity index (χ2n) is 5.51. The van der Waals surface area contributed by atoms with Crippen molar-refractivity contribution in [1.82, 2.24) is 10.2 Å². The molecule has 2 aromatic carbocycles. The summed E-state index contributed by atoms with van der Waals surface area (Å²) in [5.74, 6) is -0.670. The van der Waals surface area contributed by atoms with E-state index in [0.717, 1.165) is 0 Å². The highest BCUT2D eigenvalue weighted by atomic mass is 35.5. The molecule has 9 heteroatoms. The summed E-state index contributed by atoms with van der Waals surface area (Å²) >= 11 is 29.4. The van der Waals surface area contributed by atoms with Gasteiger partial charge in [-0.2, -0.15) is 15.6 Å². The minimum Gasteiger partial charge on any atom is -0.198 e. The smallest absolute Gasteiger partial charge is 0.151 e. The Morgan fingerprint density at radius 2 is 1.31 bits per heavy atom. The largest absolute Gasteiger partial charge is 0.198 e. The maximum Gasteiger partial charge on any atom is 0.151 e. The zero-order chi connectivity index (χ0) is 21.4. The van der Waals surface area contributed by atoms with Crippen LogP contribution in [0.4, 0.5) is 0 Å². The van der Waals surface area contributed by atoms with E-state index in [9.17, 15) is 5.26 Å². The summed E-state index contributed by atoms with van der Waals surface area (Å²) in [7, 11) is 0. The van der Waals surface area contributed by atoms with E-state index in [1.165, 1.54) is 0 Å². The maximum absolute atomic E-state index is 9.28. The molecule has 0 bridgehead atoms. The lowest BCUT2D eigenvalue weighted by molar-refractivity contribution is 0.885. The van der Waals surface area contributed by atoms with Gasteiger partial charge in [0.15, 0.2) is 5.15 Å². The first kappa shape index (κ1) is 23.2. The number of halogens is 5. The van der Waals surface area contributed by atoms with Crippen LogP contribution in [0, 0.1) is 22.7 Å². The minimum atomic E-state index is -0.670. The van der Waals surface area contributed by atoms with Gasteiger partial charge in [0.1, 0.15) is 5.92 Å². The number of aromatic nitrogens is 2. The van der Waals surface area contributed by atoms with Gasteiger partial charge in [-0.1, -0.05) is 70.1 Å². The number of hydrogen-bond donors (Lipinski definition) is 0. The fraction of sp³-hybridized carbons (Fsp3) is 0.100. The minimum absolute atomic E-state index is 0.262. The van der Waals surface area contributed by atoms with Crippen molar-refractivity contribution in [2.75, 3.05) is 0 Å². The van der Waals surface area contributed by atoms with Crippen molar-refractivity contribution in [2.24, 2.45) is 0 Å². The first-order chi connectivity index (χ1) is 13.9. The average Bonchev–Trinajstić information content (AvgIpc) is 2.69. The van der Waals surface area contributed by atoms with Crippen LogP contribution in [0.3, 0.4) is 0 Å². The molecule has 0 N–H and O–H groups in total. The highest BCUT2D eigenvalue weighted by molar-refractivity contribution is 6.36. The summed E-state index contributed by atoms with van der Waals surface area (Å²) in [5.41, 5.74) is 1.69. The zero-order valence-electron chi connectivity index (χ0n) is 14.6. The molecule has 1 heterocycles. The van der Waals surface area contributed by atoms with Crippen molar-refractivity contribution in [3.05, 3.63) is 90.6 Å². The molecule has 29 heavy (non-hydrogen) atoms. The number of benzene rings is 2. The van der Waals surface area contributed by atoms with Gasteiger partial charge in [-0.05, 0) is 36.4 Å². The molecule has 1 atom stereocenters. The topological polar surface area (TPSA) is 73.4 Å². The van der Waals surface area contributed by atoms with Crippen LogP contribution in [0.15, 0.2) is 48.5 Å². The second kappa shape index (κ2) is 11.2. The number of rotatable bonds is 3. The predicted molar refractivity (Wildman–Crippen MR) is 117 cm³/mol. The van der Waals surface area contributed by atoms with Crippen molar-refractivity contribution in [2.45, 2.75) is 12.3 Å². The Hall–Kier alpha value is -2.05. The van der Waals surface area contributed by atoms with Gasteiger partial charge in [-0.15, -0.1) is 5.10 Å². The van der Waals surface area contributed by atoms with E-state index in [1.54, 1.807) is 48.5 Å². The van der Waals surface area contributed by atoms with Crippen LogP contribution in [0.5, 0.6) is 0 Å². The molecule has 0 aliphatic carbocycles. The Morgan fingerprint density at radius 1 is 0.759 bits per heavy atom. The highest BCUT2D eigenvalue weighted by Crippen LogP contribution is 2.34. The van der Waals surface area contributed by atoms with Crippen LogP contribution in [-0.4, -0.2) is 10.2 Å². The van der Waals surface area contributed by atoms with Crippen LogP contribution in [0.25, 0.3) is 0 Å². The van der Waals surface area contributed by atoms with Gasteiger partial charge in [0, 0.05) is 31.2 Å². The van der Waals surface area contributed by atoms with Gasteiger partial charge in [0.2, 0.25) is 0 Å². The number of hydrogen-bond acceptors (Lipinski definition) is 4. The molecule has 0 aliphatic heterocycles. The summed E-state index contributed by atoms with van der Waals surface area (Å²) < 4.78 is 0. The molecule has 4 nitrogen and oxygen atoms in total. The zero-order valence-corrected chi connectivity index (χ0v) is 18.4. The molecular formula is C20H11Cl5N4. The van der Waals surface area contributed by atoms with Crippen LogP contribution in [0.2, 0.25) is 25.2 Å². The predicted octanol–water partition coefficient (Wildman–Crippen LogP) is 7.15. The molecule has 0 amide bonds. The van der Waals surface area contributed by atoms with Gasteiger partial charge in [-0.25, -0.2) is 0 Å². The molecular weight excluding hydrogens is 474 g/mol. The van der Waals surface area contributed by atoms with Gasteiger partial charge < -0.3 is 0 Å². The summed E-state index contributed by atoms with van der Waals surface area (Å²) in [6.07, 6.45) is 0.262. The van der Waals surface area contributed by atoms with Crippen LogP contribution >= 0.6 is 58.0 Å². The van der Waals surface area contributed by atoms with Crippen LogP contribution in [-0.2, 0) is 6.42 Å². The Bertz CT molecular complexity index is 1030. The lowest BCUT2D eigenvalue weighted by Crippen LogP contribution is -2.04. The molecule has 3 rings (SSSR count). The molecule has 0 fully saturated rings. The molecule has 0 spiro atoms. The fourth-order valence-corrected chi connectivity index (χ4v) is 3.57. The second-order valence-corrected chi connectivity index (χ2v) is 7.53. The molecule has 0 saturated carbocycles. The average molecular weight is 485 g/mol. The molecule has 3 aromatic rings. The van der Waals surface area contributed by atoms with Gasteiger partial charge in [0.05, 0.1) is 24.3 Å². The summed E-state index contributed by atoms with van der Waals surface area (Å²) in [5, 5.41) is 27.5. The summed E-state index contributed by atoms with van der Waals surface area (Å²) in [6, 6.07) is 17.6. The van der Waals surface area contributed by atoms with E-state index in [-0.39, 0.29) is 11.6 Å². The number of nitrogens with zero attached hydrogens (tertiary/aromatic N) is 4. The fourth-order valence-electron chi connectivity index (χ4n) is 2.33. The highest BCUT2D eigenvalue weighted by Gasteiger charge is 2.21. The number of nitriles is 2. The first-order valence-electron chi connectivity index (χ1n) is 8.01. The Labute approximate surface area is 193 Å². The first-order valence-corrected chi connectivity index (χ1v) is 9.90. The van der Waals surface area contributed by atoms with E-state index in [2.05, 4.69) is 16.3 Å². The SMILES string of the molecule is N#CC(c1ccc(Cl)nn1)c1c(Cl)cccc1Cl.N#CCc1c(Cl)cccc1Cl.